The highest BCUT2D eigenvalue weighted by molar-refractivity contribution is 6.21. The molecule has 8 nitrogen and oxygen atoms in total. The average Bonchev–Trinajstić information content (AvgIpc) is 2.97. The first-order valence-corrected chi connectivity index (χ1v) is 9.35. The van der Waals surface area contributed by atoms with Crippen molar-refractivity contribution in [1.29, 1.82) is 0 Å². The molecule has 0 radical (unpaired) electrons. The van der Waals surface area contributed by atoms with Gasteiger partial charge in [-0.25, -0.2) is 0 Å². The first kappa shape index (κ1) is 20.9. The molecule has 1 aliphatic rings. The fourth-order valence-electron chi connectivity index (χ4n) is 3.09. The minimum absolute atomic E-state index is 0.146. The van der Waals surface area contributed by atoms with Crippen molar-refractivity contribution in [3.63, 3.8) is 0 Å². The monoisotopic (exact) mass is 408 g/mol. The van der Waals surface area contributed by atoms with Crippen LogP contribution in [-0.2, 0) is 14.3 Å². The van der Waals surface area contributed by atoms with Gasteiger partial charge in [-0.15, -0.1) is 0 Å². The average molecular weight is 408 g/mol. The van der Waals surface area contributed by atoms with Crippen molar-refractivity contribution in [3.8, 4) is 0 Å². The number of nitrogens with one attached hydrogen (secondary N) is 1. The second-order valence-electron chi connectivity index (χ2n) is 6.78. The zero-order valence-corrected chi connectivity index (χ0v) is 16.5. The van der Waals surface area contributed by atoms with Gasteiger partial charge in [0.2, 0.25) is 0 Å². The molecule has 8 heteroatoms. The van der Waals surface area contributed by atoms with Crippen LogP contribution in [0.2, 0.25) is 0 Å². The maximum absolute atomic E-state index is 12.3. The Morgan fingerprint density at radius 1 is 0.967 bits per heavy atom. The van der Waals surface area contributed by atoms with Crippen LogP contribution in [0, 0.1) is 0 Å². The summed E-state index contributed by atoms with van der Waals surface area (Å²) in [6.45, 7) is 2.63. The van der Waals surface area contributed by atoms with Crippen LogP contribution in [0.4, 0.5) is 5.69 Å². The van der Waals surface area contributed by atoms with Crippen LogP contribution < -0.4 is 5.32 Å². The summed E-state index contributed by atoms with van der Waals surface area (Å²) in [5.41, 5.74) is 1.26. The molecule has 0 saturated carbocycles. The van der Waals surface area contributed by atoms with Crippen LogP contribution in [0.15, 0.2) is 48.5 Å². The van der Waals surface area contributed by atoms with Crippen LogP contribution in [0.3, 0.4) is 0 Å². The quantitative estimate of drug-likeness (QED) is 0.428. The largest absolute Gasteiger partial charge is 0.452 e. The van der Waals surface area contributed by atoms with Crippen LogP contribution in [-0.4, -0.2) is 47.0 Å². The number of hydrogen-bond donors (Lipinski definition) is 1. The predicted molar refractivity (Wildman–Crippen MR) is 107 cm³/mol. The molecule has 2 aromatic rings. The van der Waals surface area contributed by atoms with E-state index in [0.29, 0.717) is 22.4 Å². The number of esters is 1. The number of carbonyl (C=O) groups is 5. The van der Waals surface area contributed by atoms with Gasteiger partial charge in [-0.3, -0.25) is 28.9 Å². The van der Waals surface area contributed by atoms with Gasteiger partial charge in [0, 0.05) is 12.1 Å². The zero-order valence-electron chi connectivity index (χ0n) is 16.5. The molecule has 3 amide bonds. The Morgan fingerprint density at radius 2 is 1.53 bits per heavy atom. The Bertz CT molecular complexity index is 1010. The minimum Gasteiger partial charge on any atom is -0.452 e. The Hall–Kier alpha value is -3.81. The number of nitrogens with zero attached hydrogens (tertiary/aromatic N) is 1. The van der Waals surface area contributed by atoms with E-state index in [4.69, 9.17) is 4.74 Å². The lowest BCUT2D eigenvalue weighted by molar-refractivity contribution is -0.153. The molecule has 0 aliphatic carbocycles. The molecule has 1 heterocycles. The van der Waals surface area contributed by atoms with Gasteiger partial charge in [0.15, 0.2) is 11.9 Å². The summed E-state index contributed by atoms with van der Waals surface area (Å²) in [7, 11) is 0. The number of carbonyl (C=O) groups excluding carboxylic acids is 5. The van der Waals surface area contributed by atoms with Crippen LogP contribution in [0.1, 0.15) is 51.3 Å². The molecule has 0 fully saturated rings. The van der Waals surface area contributed by atoms with E-state index in [9.17, 15) is 24.0 Å². The van der Waals surface area contributed by atoms with Gasteiger partial charge in [-0.05, 0) is 38.1 Å². The van der Waals surface area contributed by atoms with Crippen molar-refractivity contribution in [3.05, 3.63) is 65.2 Å². The molecule has 0 saturated heterocycles. The van der Waals surface area contributed by atoms with E-state index < -0.39 is 29.8 Å². The number of ketones is 1. The number of benzene rings is 2. The summed E-state index contributed by atoms with van der Waals surface area (Å²) in [6, 6.07) is 12.9. The van der Waals surface area contributed by atoms with Gasteiger partial charge in [-0.2, -0.15) is 0 Å². The lowest BCUT2D eigenvalue weighted by atomic mass is 10.1. The normalized spacial score (nSPS) is 13.6. The number of amides is 3. The van der Waals surface area contributed by atoms with E-state index in [-0.39, 0.29) is 18.7 Å². The topological polar surface area (TPSA) is 110 Å². The zero-order chi connectivity index (χ0) is 21.8. The van der Waals surface area contributed by atoms with Gasteiger partial charge >= 0.3 is 5.97 Å². The molecule has 1 N–H and O–H groups in total. The van der Waals surface area contributed by atoms with E-state index >= 15 is 0 Å². The number of imide groups is 1. The predicted octanol–water partition coefficient (Wildman–Crippen LogP) is 2.45. The Morgan fingerprint density at radius 3 is 2.13 bits per heavy atom. The number of anilines is 1. The number of hydrogen-bond acceptors (Lipinski definition) is 6. The second-order valence-corrected chi connectivity index (χ2v) is 6.78. The lowest BCUT2D eigenvalue weighted by Gasteiger charge is -2.16. The lowest BCUT2D eigenvalue weighted by Crippen LogP contribution is -2.34. The molecule has 0 aromatic heterocycles. The fraction of sp³-hybridized carbons (Fsp3) is 0.227. The molecule has 0 spiro atoms. The summed E-state index contributed by atoms with van der Waals surface area (Å²) in [4.78, 5) is 61.7. The highest BCUT2D eigenvalue weighted by atomic mass is 16.5. The Kier molecular flexibility index (Phi) is 6.06. The summed E-state index contributed by atoms with van der Waals surface area (Å²) in [5, 5.41) is 2.56. The number of fused-ring (bicyclic) bond motifs is 1. The van der Waals surface area contributed by atoms with Gasteiger partial charge < -0.3 is 10.1 Å². The second kappa shape index (κ2) is 8.69. The first-order chi connectivity index (χ1) is 14.3. The maximum Gasteiger partial charge on any atom is 0.308 e. The molecule has 0 bridgehead atoms. The molecular formula is C22H20N2O6. The number of ether oxygens (including phenoxy) is 1. The summed E-state index contributed by atoms with van der Waals surface area (Å²) in [5.74, 6) is -2.46. The molecule has 2 aromatic carbocycles. The van der Waals surface area contributed by atoms with Crippen LogP contribution in [0.5, 0.6) is 0 Å². The third-order valence-corrected chi connectivity index (χ3v) is 4.66. The minimum atomic E-state index is -1.13. The van der Waals surface area contributed by atoms with E-state index in [0.717, 1.165) is 4.90 Å². The van der Waals surface area contributed by atoms with Crippen molar-refractivity contribution < 1.29 is 28.7 Å². The molecule has 0 unspecified atom stereocenters. The van der Waals surface area contributed by atoms with E-state index in [1.54, 1.807) is 48.5 Å². The van der Waals surface area contributed by atoms with Crippen LogP contribution in [0.25, 0.3) is 0 Å². The smallest absolute Gasteiger partial charge is 0.308 e. The van der Waals surface area contributed by atoms with Gasteiger partial charge in [-0.1, -0.05) is 24.3 Å². The molecular weight excluding hydrogens is 388 g/mol. The van der Waals surface area contributed by atoms with Crippen molar-refractivity contribution >= 4 is 35.2 Å². The van der Waals surface area contributed by atoms with Crippen molar-refractivity contribution in [2.45, 2.75) is 26.4 Å². The summed E-state index contributed by atoms with van der Waals surface area (Å²) in [6.07, 6.45) is -1.37. The van der Waals surface area contributed by atoms with Crippen molar-refractivity contribution in [2.24, 2.45) is 0 Å². The van der Waals surface area contributed by atoms with Crippen LogP contribution >= 0.6 is 0 Å². The van der Waals surface area contributed by atoms with Gasteiger partial charge in [0.1, 0.15) is 0 Å². The third-order valence-electron chi connectivity index (χ3n) is 4.66. The third kappa shape index (κ3) is 4.27. The summed E-state index contributed by atoms with van der Waals surface area (Å²) < 4.78 is 5.11. The number of para-hydroxylation sites is 1. The number of rotatable bonds is 7. The Labute approximate surface area is 172 Å². The van der Waals surface area contributed by atoms with Gasteiger partial charge in [0.25, 0.3) is 17.7 Å². The Balaban J connectivity index is 1.54. The SMILES string of the molecule is CC(=O)c1ccccc1NC(=O)[C@@H](C)OC(=O)CCN1C(=O)c2ccccc2C1=O. The molecule has 30 heavy (non-hydrogen) atoms. The highest BCUT2D eigenvalue weighted by Gasteiger charge is 2.35. The highest BCUT2D eigenvalue weighted by Crippen LogP contribution is 2.22. The molecule has 3 rings (SSSR count). The fourth-order valence-corrected chi connectivity index (χ4v) is 3.09. The van der Waals surface area contributed by atoms with Crippen molar-refractivity contribution in [2.75, 3.05) is 11.9 Å². The van der Waals surface area contributed by atoms with Gasteiger partial charge in [0.05, 0.1) is 23.2 Å². The number of Topliss-reactive ketones (excluding diaryl/α,β-unsaturated/α-hetero) is 1. The standard InChI is InChI=1S/C22H20N2O6/c1-13(25)15-7-5-6-10-18(15)23-20(27)14(2)30-19(26)11-12-24-21(28)16-8-3-4-9-17(16)22(24)29/h3-10,14H,11-12H2,1-2H3,(H,23,27)/t14-/m1/s1. The van der Waals surface area contributed by atoms with Crippen molar-refractivity contribution in [1.82, 2.24) is 4.90 Å². The molecule has 1 atom stereocenters. The van der Waals surface area contributed by atoms with E-state index in [1.165, 1.54) is 13.8 Å². The molecule has 154 valence electrons. The maximum atomic E-state index is 12.3. The first-order valence-electron chi connectivity index (χ1n) is 9.35. The van der Waals surface area contributed by atoms with E-state index in [1.807, 2.05) is 0 Å². The molecule has 1 aliphatic heterocycles. The van der Waals surface area contributed by atoms with E-state index in [2.05, 4.69) is 5.32 Å². The summed E-state index contributed by atoms with van der Waals surface area (Å²) >= 11 is 0.